The molecule has 0 radical (unpaired) electrons. The lowest BCUT2D eigenvalue weighted by molar-refractivity contribution is -0.137. The summed E-state index contributed by atoms with van der Waals surface area (Å²) in [5.74, 6) is 0.879. The van der Waals surface area contributed by atoms with Crippen molar-refractivity contribution >= 4 is 5.97 Å². The van der Waals surface area contributed by atoms with E-state index in [1.807, 2.05) is 0 Å². The number of nitrogens with two attached hydrogens (primary N) is 1. The maximum Gasteiger partial charge on any atom is 0.303 e. The number of carbonyl (C=O) groups is 1. The van der Waals surface area contributed by atoms with Gasteiger partial charge in [0.05, 0.1) is 0 Å². The molecule has 1 unspecified atom stereocenters. The Hall–Kier alpha value is -0.570. The lowest BCUT2D eigenvalue weighted by Crippen LogP contribution is -2.26. The lowest BCUT2D eigenvalue weighted by atomic mass is 9.80. The predicted octanol–water partition coefficient (Wildman–Crippen LogP) is 2.39. The molecule has 0 aromatic carbocycles. The molecule has 3 N–H and O–H groups in total. The van der Waals surface area contributed by atoms with Crippen molar-refractivity contribution in [2.24, 2.45) is 17.6 Å². The first-order valence-corrected chi connectivity index (χ1v) is 6.05. The Morgan fingerprint density at radius 3 is 2.53 bits per heavy atom. The molecule has 1 aliphatic carbocycles. The molecule has 0 aromatic rings. The number of rotatable bonds is 5. The molecule has 0 aliphatic heterocycles. The van der Waals surface area contributed by atoms with Crippen molar-refractivity contribution in [3.8, 4) is 0 Å². The first-order chi connectivity index (χ1) is 7.08. The van der Waals surface area contributed by atoms with Gasteiger partial charge >= 0.3 is 5.97 Å². The van der Waals surface area contributed by atoms with Crippen LogP contribution in [0.2, 0.25) is 0 Å². The van der Waals surface area contributed by atoms with Gasteiger partial charge in [0.2, 0.25) is 0 Å². The number of carboxylic acids is 1. The zero-order chi connectivity index (χ0) is 11.3. The third kappa shape index (κ3) is 5.17. The zero-order valence-corrected chi connectivity index (χ0v) is 9.61. The first-order valence-electron chi connectivity index (χ1n) is 6.05. The van der Waals surface area contributed by atoms with E-state index in [-0.39, 0.29) is 12.5 Å². The van der Waals surface area contributed by atoms with Gasteiger partial charge in [-0.2, -0.15) is 0 Å². The van der Waals surface area contributed by atoms with Gasteiger partial charge in [-0.25, -0.2) is 0 Å². The normalized spacial score (nSPS) is 28.7. The summed E-state index contributed by atoms with van der Waals surface area (Å²) in [5.41, 5.74) is 5.92. The van der Waals surface area contributed by atoms with Gasteiger partial charge < -0.3 is 10.8 Å². The van der Waals surface area contributed by atoms with E-state index in [9.17, 15) is 4.79 Å². The van der Waals surface area contributed by atoms with Crippen LogP contribution in [0.5, 0.6) is 0 Å². The van der Waals surface area contributed by atoms with Crippen LogP contribution in [0, 0.1) is 11.8 Å². The van der Waals surface area contributed by atoms with Gasteiger partial charge in [0.15, 0.2) is 0 Å². The number of hydrogen-bond acceptors (Lipinski definition) is 2. The fourth-order valence-electron chi connectivity index (χ4n) is 2.42. The van der Waals surface area contributed by atoms with E-state index in [1.165, 1.54) is 25.7 Å². The van der Waals surface area contributed by atoms with Crippen LogP contribution in [0.1, 0.15) is 51.9 Å². The molecule has 3 nitrogen and oxygen atoms in total. The Morgan fingerprint density at radius 1 is 1.40 bits per heavy atom. The van der Waals surface area contributed by atoms with Gasteiger partial charge in [-0.3, -0.25) is 4.79 Å². The monoisotopic (exact) mass is 213 g/mol. The molecule has 0 amide bonds. The molecule has 1 saturated carbocycles. The van der Waals surface area contributed by atoms with Gasteiger partial charge in [0.25, 0.3) is 0 Å². The Labute approximate surface area is 92.0 Å². The molecule has 1 rings (SSSR count). The first kappa shape index (κ1) is 12.5. The van der Waals surface area contributed by atoms with E-state index in [0.29, 0.717) is 6.42 Å². The summed E-state index contributed by atoms with van der Waals surface area (Å²) in [4.78, 5) is 10.4. The van der Waals surface area contributed by atoms with E-state index < -0.39 is 5.97 Å². The maximum absolute atomic E-state index is 10.4. The Bertz CT molecular complexity index is 198. The van der Waals surface area contributed by atoms with E-state index in [4.69, 9.17) is 10.8 Å². The van der Waals surface area contributed by atoms with Crippen LogP contribution in [0.15, 0.2) is 0 Å². The smallest absolute Gasteiger partial charge is 0.303 e. The summed E-state index contributed by atoms with van der Waals surface area (Å²) in [6.45, 7) is 2.31. The molecular formula is C12H23NO2. The Balaban J connectivity index is 2.14. The van der Waals surface area contributed by atoms with Gasteiger partial charge in [0, 0.05) is 12.5 Å². The highest BCUT2D eigenvalue weighted by molar-refractivity contribution is 5.66. The summed E-state index contributed by atoms with van der Waals surface area (Å²) in [6.07, 6.45) is 7.04. The fourth-order valence-corrected chi connectivity index (χ4v) is 2.42. The summed E-state index contributed by atoms with van der Waals surface area (Å²) in [7, 11) is 0. The lowest BCUT2D eigenvalue weighted by Gasteiger charge is -2.28. The predicted molar refractivity (Wildman–Crippen MR) is 60.6 cm³/mol. The number of carboxylic acid groups (broad SMARTS) is 1. The summed E-state index contributed by atoms with van der Waals surface area (Å²) < 4.78 is 0. The molecule has 88 valence electrons. The van der Waals surface area contributed by atoms with Crippen LogP contribution < -0.4 is 5.73 Å². The van der Waals surface area contributed by atoms with Gasteiger partial charge in [0.1, 0.15) is 0 Å². The van der Waals surface area contributed by atoms with E-state index in [1.54, 1.807) is 0 Å². The number of aliphatic carboxylic acids is 1. The molecule has 1 aliphatic rings. The highest BCUT2D eigenvalue weighted by Gasteiger charge is 2.20. The third-order valence-corrected chi connectivity index (χ3v) is 3.50. The van der Waals surface area contributed by atoms with Crippen LogP contribution in [0.4, 0.5) is 0 Å². The standard InChI is InChI=1S/C12H23NO2/c1-9-2-4-10(5-3-9)8-11(13)6-7-12(14)15/h9-11H,2-8,13H2,1H3,(H,14,15). The van der Waals surface area contributed by atoms with E-state index in [0.717, 1.165) is 18.3 Å². The quantitative estimate of drug-likeness (QED) is 0.737. The SMILES string of the molecule is CC1CCC(CC(N)CCC(=O)O)CC1. The van der Waals surface area contributed by atoms with Gasteiger partial charge in [-0.1, -0.05) is 32.6 Å². The maximum atomic E-state index is 10.4. The van der Waals surface area contributed by atoms with Gasteiger partial charge in [-0.15, -0.1) is 0 Å². The molecule has 0 heterocycles. The zero-order valence-electron chi connectivity index (χ0n) is 9.61. The fraction of sp³-hybridized carbons (Fsp3) is 0.917. The minimum Gasteiger partial charge on any atom is -0.481 e. The van der Waals surface area contributed by atoms with Crippen molar-refractivity contribution in [3.05, 3.63) is 0 Å². The molecular weight excluding hydrogens is 190 g/mol. The highest BCUT2D eigenvalue weighted by Crippen LogP contribution is 2.31. The molecule has 0 saturated heterocycles. The Kier molecular flexibility index (Phi) is 5.09. The largest absolute Gasteiger partial charge is 0.481 e. The summed E-state index contributed by atoms with van der Waals surface area (Å²) >= 11 is 0. The van der Waals surface area contributed by atoms with Crippen LogP contribution in [0.3, 0.4) is 0 Å². The minimum atomic E-state index is -0.734. The summed E-state index contributed by atoms with van der Waals surface area (Å²) in [6, 6.07) is 0.0829. The van der Waals surface area contributed by atoms with Crippen LogP contribution in [-0.4, -0.2) is 17.1 Å². The van der Waals surface area contributed by atoms with Crippen molar-refractivity contribution < 1.29 is 9.90 Å². The molecule has 1 fully saturated rings. The molecule has 0 bridgehead atoms. The second-order valence-electron chi connectivity index (χ2n) is 5.05. The van der Waals surface area contributed by atoms with E-state index >= 15 is 0 Å². The highest BCUT2D eigenvalue weighted by atomic mass is 16.4. The topological polar surface area (TPSA) is 63.3 Å². The van der Waals surface area contributed by atoms with Crippen molar-refractivity contribution in [1.82, 2.24) is 0 Å². The molecule has 0 aromatic heterocycles. The van der Waals surface area contributed by atoms with Crippen LogP contribution in [0.25, 0.3) is 0 Å². The van der Waals surface area contributed by atoms with Crippen LogP contribution in [-0.2, 0) is 4.79 Å². The van der Waals surface area contributed by atoms with Crippen LogP contribution >= 0.6 is 0 Å². The van der Waals surface area contributed by atoms with Crippen molar-refractivity contribution in [2.75, 3.05) is 0 Å². The van der Waals surface area contributed by atoms with Gasteiger partial charge in [-0.05, 0) is 24.7 Å². The van der Waals surface area contributed by atoms with E-state index in [2.05, 4.69) is 6.92 Å². The molecule has 15 heavy (non-hydrogen) atoms. The molecule has 3 heteroatoms. The second kappa shape index (κ2) is 6.11. The summed E-state index contributed by atoms with van der Waals surface area (Å²) in [5, 5.41) is 8.55. The molecule has 1 atom stereocenters. The Morgan fingerprint density at radius 2 is 2.00 bits per heavy atom. The molecule has 0 spiro atoms. The van der Waals surface area contributed by atoms with Crippen molar-refractivity contribution in [3.63, 3.8) is 0 Å². The third-order valence-electron chi connectivity index (χ3n) is 3.50. The number of hydrogen-bond donors (Lipinski definition) is 2. The van der Waals surface area contributed by atoms with Crippen molar-refractivity contribution in [1.29, 1.82) is 0 Å². The minimum absolute atomic E-state index is 0.0829. The van der Waals surface area contributed by atoms with Crippen molar-refractivity contribution in [2.45, 2.75) is 57.9 Å². The average Bonchev–Trinajstić information content (AvgIpc) is 2.19. The average molecular weight is 213 g/mol. The second-order valence-corrected chi connectivity index (χ2v) is 5.05.